The molecule has 0 saturated carbocycles. The van der Waals surface area contributed by atoms with Gasteiger partial charge in [0.2, 0.25) is 11.6 Å². The molecule has 0 N–H and O–H groups in total. The van der Waals surface area contributed by atoms with E-state index in [1.54, 1.807) is 6.33 Å². The highest BCUT2D eigenvalue weighted by Crippen LogP contribution is 2.50. The number of rotatable bonds is 3. The van der Waals surface area contributed by atoms with Crippen LogP contribution in [0.15, 0.2) is 146 Å². The van der Waals surface area contributed by atoms with Crippen molar-refractivity contribution in [2.24, 2.45) is 0 Å². The quantitative estimate of drug-likeness (QED) is 0.186. The number of para-hydroxylation sites is 5. The van der Waals surface area contributed by atoms with Gasteiger partial charge in [-0.05, 0) is 77.4 Å². The van der Waals surface area contributed by atoms with Gasteiger partial charge in [0, 0.05) is 22.2 Å². The molecule has 53 heavy (non-hydrogen) atoms. The van der Waals surface area contributed by atoms with Crippen molar-refractivity contribution in [2.45, 2.75) is 19.3 Å². The highest BCUT2D eigenvalue weighted by Gasteiger charge is 2.40. The van der Waals surface area contributed by atoms with Crippen LogP contribution in [-0.2, 0) is 5.41 Å². The predicted octanol–water partition coefficient (Wildman–Crippen LogP) is 9.94. The monoisotopic (exact) mass is 682 g/mol. The number of fused-ring (bicyclic) bond motifs is 13. The summed E-state index contributed by atoms with van der Waals surface area (Å²) in [7, 11) is 0. The Morgan fingerprint density at radius 2 is 1.06 bits per heavy atom. The maximum Gasteiger partial charge on any atom is 0.221 e. The van der Waals surface area contributed by atoms with Gasteiger partial charge in [-0.2, -0.15) is 0 Å². The molecular formula is C45H30N8. The summed E-state index contributed by atoms with van der Waals surface area (Å²) < 4.78 is 9.05. The molecule has 0 saturated heterocycles. The number of aromatic nitrogens is 8. The van der Waals surface area contributed by atoms with Crippen molar-refractivity contribution in [3.63, 3.8) is 0 Å². The zero-order chi connectivity index (χ0) is 35.0. The number of nitrogens with zero attached hydrogens (tertiary/aromatic N) is 8. The average molecular weight is 683 g/mol. The fourth-order valence-corrected chi connectivity index (χ4v) is 8.89. The molecule has 0 aliphatic heterocycles. The van der Waals surface area contributed by atoms with Crippen molar-refractivity contribution in [2.75, 3.05) is 0 Å². The first-order valence-electron chi connectivity index (χ1n) is 17.9. The van der Waals surface area contributed by atoms with Crippen LogP contribution in [0.25, 0.3) is 89.6 Å². The Kier molecular flexibility index (Phi) is 5.42. The Morgan fingerprint density at radius 3 is 1.74 bits per heavy atom. The van der Waals surface area contributed by atoms with Gasteiger partial charge < -0.3 is 0 Å². The van der Waals surface area contributed by atoms with Gasteiger partial charge in [0.1, 0.15) is 12.1 Å². The summed E-state index contributed by atoms with van der Waals surface area (Å²) in [5, 5.41) is 0. The third kappa shape index (κ3) is 3.69. The molecule has 0 fully saturated rings. The number of benzene rings is 6. The lowest BCUT2D eigenvalue weighted by Gasteiger charge is -2.23. The van der Waals surface area contributed by atoms with E-state index in [2.05, 4.69) is 153 Å². The minimum absolute atomic E-state index is 0.295. The molecule has 8 heteroatoms. The van der Waals surface area contributed by atoms with Gasteiger partial charge in [0.05, 0.1) is 49.8 Å². The number of imidazole rings is 4. The van der Waals surface area contributed by atoms with Crippen LogP contribution >= 0.6 is 0 Å². The fraction of sp³-hybridized carbons (Fsp3) is 0.0667. The van der Waals surface area contributed by atoms with E-state index in [0.717, 1.165) is 95.1 Å². The molecule has 0 bridgehead atoms. The van der Waals surface area contributed by atoms with Crippen LogP contribution in [0, 0.1) is 0 Å². The molecule has 5 aromatic heterocycles. The molecule has 11 aromatic rings. The van der Waals surface area contributed by atoms with Crippen LogP contribution in [0.4, 0.5) is 0 Å². The van der Waals surface area contributed by atoms with Crippen molar-refractivity contribution in [1.82, 2.24) is 37.9 Å². The molecule has 0 atom stereocenters. The largest absolute Gasteiger partial charge is 0.278 e. The van der Waals surface area contributed by atoms with Gasteiger partial charge in [-0.1, -0.05) is 92.7 Å². The average Bonchev–Trinajstić information content (AvgIpc) is 3.97. The maximum absolute atomic E-state index is 5.24. The second-order valence-electron chi connectivity index (χ2n) is 14.5. The zero-order valence-corrected chi connectivity index (χ0v) is 28.9. The van der Waals surface area contributed by atoms with Gasteiger partial charge in [0.15, 0.2) is 0 Å². The predicted molar refractivity (Wildman–Crippen MR) is 211 cm³/mol. The molecule has 6 aromatic carbocycles. The number of hydrogen-bond donors (Lipinski definition) is 0. The molecule has 12 rings (SSSR count). The van der Waals surface area contributed by atoms with Gasteiger partial charge in [-0.15, -0.1) is 0 Å². The minimum Gasteiger partial charge on any atom is -0.278 e. The number of hydrogen-bond acceptors (Lipinski definition) is 4. The van der Waals surface area contributed by atoms with Crippen LogP contribution in [-0.4, -0.2) is 37.9 Å². The summed E-state index contributed by atoms with van der Waals surface area (Å²) in [5.41, 5.74) is 15.9. The topological polar surface area (TPSA) is 70.2 Å². The van der Waals surface area contributed by atoms with Crippen LogP contribution in [0.1, 0.15) is 25.0 Å². The molecule has 0 amide bonds. The summed E-state index contributed by atoms with van der Waals surface area (Å²) >= 11 is 0. The van der Waals surface area contributed by atoms with Crippen molar-refractivity contribution in [3.05, 3.63) is 157 Å². The summed E-state index contributed by atoms with van der Waals surface area (Å²) in [6.45, 7) is 4.55. The van der Waals surface area contributed by atoms with Crippen LogP contribution < -0.4 is 0 Å². The molecule has 1 aliphatic rings. The lowest BCUT2D eigenvalue weighted by Crippen LogP contribution is -2.19. The van der Waals surface area contributed by atoms with E-state index in [0.29, 0.717) is 0 Å². The summed E-state index contributed by atoms with van der Waals surface area (Å²) in [5.74, 6) is 2.58. The van der Waals surface area contributed by atoms with Gasteiger partial charge in [-0.25, -0.2) is 19.9 Å². The van der Waals surface area contributed by atoms with E-state index < -0.39 is 0 Å². The normalized spacial score (nSPS) is 13.6. The summed E-state index contributed by atoms with van der Waals surface area (Å²) in [6, 6.07) is 49.3. The highest BCUT2D eigenvalue weighted by molar-refractivity contribution is 5.97. The third-order valence-corrected chi connectivity index (χ3v) is 11.3. The van der Waals surface area contributed by atoms with E-state index in [1.165, 1.54) is 5.56 Å². The third-order valence-electron chi connectivity index (χ3n) is 11.3. The Morgan fingerprint density at radius 1 is 0.491 bits per heavy atom. The van der Waals surface area contributed by atoms with Crippen LogP contribution in [0.5, 0.6) is 0 Å². The Hall–Kier alpha value is -7.06. The summed E-state index contributed by atoms with van der Waals surface area (Å²) in [4.78, 5) is 20.2. The minimum atomic E-state index is -0.295. The second kappa shape index (κ2) is 10.0. The Labute approximate surface area is 302 Å². The van der Waals surface area contributed by atoms with E-state index in [9.17, 15) is 0 Å². The van der Waals surface area contributed by atoms with Gasteiger partial charge >= 0.3 is 0 Å². The molecule has 0 radical (unpaired) electrons. The van der Waals surface area contributed by atoms with E-state index in [1.807, 2.05) is 18.2 Å². The lowest BCUT2D eigenvalue weighted by molar-refractivity contribution is 0.649. The Balaban J connectivity index is 1.13. The molecule has 8 nitrogen and oxygen atoms in total. The van der Waals surface area contributed by atoms with Gasteiger partial charge in [0.25, 0.3) is 0 Å². The van der Waals surface area contributed by atoms with Gasteiger partial charge in [-0.3, -0.25) is 17.9 Å². The Bertz CT molecular complexity index is 3320. The summed E-state index contributed by atoms with van der Waals surface area (Å²) in [6.07, 6.45) is 1.70. The van der Waals surface area contributed by atoms with E-state index in [-0.39, 0.29) is 5.41 Å². The van der Waals surface area contributed by atoms with E-state index in [4.69, 9.17) is 19.9 Å². The first kappa shape index (κ1) is 28.6. The SMILES string of the molecule is CC1(C)c2ccccc2-c2ncnc(-n3c4ccc(-c5ccc6c(c5)n5c7ccccc7nc5n6-c5ccccc5)cc4n4c5ccccc5nc34)c21. The molecular weight excluding hydrogens is 653 g/mol. The molecule has 5 heterocycles. The molecule has 0 spiro atoms. The smallest absolute Gasteiger partial charge is 0.221 e. The highest BCUT2D eigenvalue weighted by atomic mass is 15.2. The molecule has 250 valence electrons. The first-order valence-corrected chi connectivity index (χ1v) is 17.9. The molecule has 0 unspecified atom stereocenters. The maximum atomic E-state index is 5.24. The fourth-order valence-electron chi connectivity index (χ4n) is 8.89. The van der Waals surface area contributed by atoms with E-state index >= 15 is 0 Å². The van der Waals surface area contributed by atoms with Crippen molar-refractivity contribution in [3.8, 4) is 33.9 Å². The first-order chi connectivity index (χ1) is 26.1. The molecule has 1 aliphatic carbocycles. The zero-order valence-electron chi connectivity index (χ0n) is 28.9. The van der Waals surface area contributed by atoms with Crippen molar-refractivity contribution in [1.29, 1.82) is 0 Å². The lowest BCUT2D eigenvalue weighted by atomic mass is 9.82. The van der Waals surface area contributed by atoms with Crippen molar-refractivity contribution >= 4 is 55.7 Å². The van der Waals surface area contributed by atoms with Crippen molar-refractivity contribution < 1.29 is 0 Å². The van der Waals surface area contributed by atoms with Crippen LogP contribution in [0.3, 0.4) is 0 Å². The second-order valence-corrected chi connectivity index (χ2v) is 14.5. The standard InChI is InChI=1S/C45H30N8/c1-45(2)31-15-7-6-14-30(31)41-40(45)42(47-26-46-41)53-37-23-21-28(25-39(37)52-35-19-11-9-17-33(35)49-44(52)53)27-20-22-36-38(24-27)51-34-18-10-8-16-32(34)48-43(51)50(36)29-12-4-3-5-13-29/h3-26H,1-2H3. The van der Waals surface area contributed by atoms with Crippen LogP contribution in [0.2, 0.25) is 0 Å².